The standard InChI is InChI=1S/C22H26N6O3/c1-13(2)16-5-4-6-17(11-16)24-20(29)15-7-9-27(10-8-15)22(31)18-19-21(30)23-14(3)12-28(19)26-25-18/h4-6,11-13,15H,7-10H2,1-3H3,(H,23,30)(H,24,29). The normalized spacial score (nSPS) is 14.9. The molecule has 0 saturated carbocycles. The van der Waals surface area contributed by atoms with E-state index in [9.17, 15) is 14.4 Å². The van der Waals surface area contributed by atoms with Gasteiger partial charge in [-0.2, -0.15) is 0 Å². The van der Waals surface area contributed by atoms with Crippen molar-refractivity contribution in [3.8, 4) is 0 Å². The van der Waals surface area contributed by atoms with E-state index in [0.717, 1.165) is 5.69 Å². The fourth-order valence-electron chi connectivity index (χ4n) is 3.91. The minimum absolute atomic E-state index is 0.0333. The molecule has 0 radical (unpaired) electrons. The maximum Gasteiger partial charge on any atom is 0.276 e. The van der Waals surface area contributed by atoms with Gasteiger partial charge in [0.2, 0.25) is 5.91 Å². The van der Waals surface area contributed by atoms with Crippen LogP contribution >= 0.6 is 0 Å². The highest BCUT2D eigenvalue weighted by atomic mass is 16.2. The van der Waals surface area contributed by atoms with E-state index in [1.807, 2.05) is 24.3 Å². The van der Waals surface area contributed by atoms with E-state index in [2.05, 4.69) is 34.5 Å². The Balaban J connectivity index is 1.41. The molecule has 0 unspecified atom stereocenters. The molecule has 0 spiro atoms. The van der Waals surface area contributed by atoms with Crippen molar-refractivity contribution < 1.29 is 9.59 Å². The Hall–Kier alpha value is -3.49. The number of rotatable bonds is 4. The topological polar surface area (TPSA) is 112 Å². The van der Waals surface area contributed by atoms with Crippen LogP contribution < -0.4 is 10.9 Å². The van der Waals surface area contributed by atoms with Crippen LogP contribution in [0.4, 0.5) is 5.69 Å². The molecule has 1 saturated heterocycles. The number of carbonyl (C=O) groups excluding carboxylic acids is 2. The van der Waals surface area contributed by atoms with Gasteiger partial charge in [-0.05, 0) is 43.4 Å². The van der Waals surface area contributed by atoms with E-state index < -0.39 is 5.56 Å². The summed E-state index contributed by atoms with van der Waals surface area (Å²) in [5, 5.41) is 10.8. The fourth-order valence-corrected chi connectivity index (χ4v) is 3.91. The zero-order valence-electron chi connectivity index (χ0n) is 17.9. The second-order valence-corrected chi connectivity index (χ2v) is 8.33. The maximum absolute atomic E-state index is 12.9. The highest BCUT2D eigenvalue weighted by Gasteiger charge is 2.30. The third-order valence-electron chi connectivity index (χ3n) is 5.71. The summed E-state index contributed by atoms with van der Waals surface area (Å²) in [5.41, 5.74) is 2.37. The molecule has 3 aromatic rings. The fraction of sp³-hybridized carbons (Fsp3) is 0.409. The Bertz CT molecular complexity index is 1190. The van der Waals surface area contributed by atoms with Crippen LogP contribution in [0, 0.1) is 12.8 Å². The van der Waals surface area contributed by atoms with Crippen molar-refractivity contribution in [1.29, 1.82) is 0 Å². The van der Waals surface area contributed by atoms with Gasteiger partial charge in [0.15, 0.2) is 11.2 Å². The molecule has 1 aliphatic rings. The summed E-state index contributed by atoms with van der Waals surface area (Å²) in [5.74, 6) is -0.160. The van der Waals surface area contributed by atoms with E-state index >= 15 is 0 Å². The third-order valence-corrected chi connectivity index (χ3v) is 5.71. The number of hydrogen-bond acceptors (Lipinski definition) is 5. The Kier molecular flexibility index (Phi) is 5.58. The van der Waals surface area contributed by atoms with Crippen LogP contribution in [0.25, 0.3) is 5.52 Å². The molecule has 1 aromatic carbocycles. The first-order chi connectivity index (χ1) is 14.8. The average Bonchev–Trinajstić information content (AvgIpc) is 3.17. The number of aromatic nitrogens is 4. The van der Waals surface area contributed by atoms with E-state index in [0.29, 0.717) is 37.5 Å². The summed E-state index contributed by atoms with van der Waals surface area (Å²) in [6.07, 6.45) is 2.72. The number of piperidine rings is 1. The molecule has 162 valence electrons. The molecule has 3 heterocycles. The lowest BCUT2D eigenvalue weighted by molar-refractivity contribution is -0.121. The van der Waals surface area contributed by atoms with E-state index in [-0.39, 0.29) is 28.9 Å². The van der Waals surface area contributed by atoms with Gasteiger partial charge in [0, 0.05) is 30.4 Å². The maximum atomic E-state index is 12.9. The number of aromatic amines is 1. The van der Waals surface area contributed by atoms with Crippen LogP contribution in [0.1, 0.15) is 54.4 Å². The number of amides is 2. The predicted molar refractivity (Wildman–Crippen MR) is 116 cm³/mol. The molecule has 9 nitrogen and oxygen atoms in total. The average molecular weight is 422 g/mol. The minimum atomic E-state index is -0.397. The lowest BCUT2D eigenvalue weighted by Gasteiger charge is -2.30. The van der Waals surface area contributed by atoms with E-state index in [1.165, 1.54) is 10.1 Å². The van der Waals surface area contributed by atoms with Crippen molar-refractivity contribution in [3.05, 3.63) is 57.8 Å². The molecular formula is C22H26N6O3. The summed E-state index contributed by atoms with van der Waals surface area (Å²) in [4.78, 5) is 42.2. The van der Waals surface area contributed by atoms with Crippen molar-refractivity contribution in [2.45, 2.75) is 39.5 Å². The molecule has 2 N–H and O–H groups in total. The van der Waals surface area contributed by atoms with Gasteiger partial charge in [-0.25, -0.2) is 4.52 Å². The van der Waals surface area contributed by atoms with Crippen molar-refractivity contribution >= 4 is 23.0 Å². The molecule has 2 amide bonds. The predicted octanol–water partition coefficient (Wildman–Crippen LogP) is 2.34. The Morgan fingerprint density at radius 1 is 1.23 bits per heavy atom. The number of nitrogens with one attached hydrogen (secondary N) is 2. The second kappa shape index (κ2) is 8.33. The number of anilines is 1. The summed E-state index contributed by atoms with van der Waals surface area (Å²) in [6, 6.07) is 7.87. The number of nitrogens with zero attached hydrogens (tertiary/aromatic N) is 4. The van der Waals surface area contributed by atoms with Gasteiger partial charge in [0.25, 0.3) is 11.5 Å². The minimum Gasteiger partial charge on any atom is -0.337 e. The quantitative estimate of drug-likeness (QED) is 0.670. The van der Waals surface area contributed by atoms with Crippen LogP contribution in [0.2, 0.25) is 0 Å². The Labute approximate surface area is 179 Å². The molecule has 0 bridgehead atoms. The number of fused-ring (bicyclic) bond motifs is 1. The van der Waals surface area contributed by atoms with Gasteiger partial charge in [0.1, 0.15) is 0 Å². The monoisotopic (exact) mass is 422 g/mol. The van der Waals surface area contributed by atoms with Crippen molar-refractivity contribution in [1.82, 2.24) is 24.7 Å². The van der Waals surface area contributed by atoms with Crippen LogP contribution in [0.5, 0.6) is 0 Å². The van der Waals surface area contributed by atoms with E-state index in [4.69, 9.17) is 0 Å². The first kappa shape index (κ1) is 20.8. The summed E-state index contributed by atoms with van der Waals surface area (Å²) >= 11 is 0. The molecule has 0 aliphatic carbocycles. The summed E-state index contributed by atoms with van der Waals surface area (Å²) in [6.45, 7) is 6.80. The van der Waals surface area contributed by atoms with Gasteiger partial charge in [0.05, 0.1) is 6.20 Å². The van der Waals surface area contributed by atoms with Gasteiger partial charge in [-0.3, -0.25) is 14.4 Å². The summed E-state index contributed by atoms with van der Waals surface area (Å²) < 4.78 is 1.33. The number of carbonyl (C=O) groups is 2. The molecule has 2 aromatic heterocycles. The van der Waals surface area contributed by atoms with Crippen LogP contribution in [-0.2, 0) is 4.79 Å². The van der Waals surface area contributed by atoms with Gasteiger partial charge < -0.3 is 15.2 Å². The largest absolute Gasteiger partial charge is 0.337 e. The van der Waals surface area contributed by atoms with Crippen LogP contribution in [0.15, 0.2) is 35.3 Å². The van der Waals surface area contributed by atoms with Crippen LogP contribution in [0.3, 0.4) is 0 Å². The molecule has 1 aliphatic heterocycles. The molecule has 4 rings (SSSR count). The van der Waals surface area contributed by atoms with Gasteiger partial charge in [-0.15, -0.1) is 5.10 Å². The lowest BCUT2D eigenvalue weighted by Crippen LogP contribution is -2.41. The molecule has 31 heavy (non-hydrogen) atoms. The number of hydrogen-bond donors (Lipinski definition) is 2. The first-order valence-electron chi connectivity index (χ1n) is 10.5. The third kappa shape index (κ3) is 4.21. The number of benzene rings is 1. The Morgan fingerprint density at radius 3 is 2.68 bits per heavy atom. The molecule has 1 fully saturated rings. The molecule has 0 atom stereocenters. The number of likely N-dealkylation sites (tertiary alicyclic amines) is 1. The lowest BCUT2D eigenvalue weighted by atomic mass is 9.95. The zero-order chi connectivity index (χ0) is 22.1. The SMILES string of the molecule is Cc1cn2nnc(C(=O)N3CCC(C(=O)Nc4cccc(C(C)C)c4)CC3)c2c(=O)[nH]1. The zero-order valence-corrected chi connectivity index (χ0v) is 17.9. The number of aryl methyl sites for hydroxylation is 1. The van der Waals surface area contributed by atoms with Crippen molar-refractivity contribution in [3.63, 3.8) is 0 Å². The van der Waals surface area contributed by atoms with E-state index in [1.54, 1.807) is 18.0 Å². The van der Waals surface area contributed by atoms with Gasteiger partial charge >= 0.3 is 0 Å². The van der Waals surface area contributed by atoms with Crippen molar-refractivity contribution in [2.75, 3.05) is 18.4 Å². The van der Waals surface area contributed by atoms with Gasteiger partial charge in [-0.1, -0.05) is 31.2 Å². The highest BCUT2D eigenvalue weighted by molar-refractivity contribution is 5.99. The highest BCUT2D eigenvalue weighted by Crippen LogP contribution is 2.23. The van der Waals surface area contributed by atoms with Crippen molar-refractivity contribution in [2.24, 2.45) is 5.92 Å². The molecule has 9 heteroatoms. The first-order valence-corrected chi connectivity index (χ1v) is 10.5. The Morgan fingerprint density at radius 2 is 1.97 bits per heavy atom. The molecular weight excluding hydrogens is 396 g/mol. The number of H-pyrrole nitrogens is 1. The summed E-state index contributed by atoms with van der Waals surface area (Å²) in [7, 11) is 0. The second-order valence-electron chi connectivity index (χ2n) is 8.33. The van der Waals surface area contributed by atoms with Crippen LogP contribution in [-0.4, -0.2) is 49.6 Å². The smallest absolute Gasteiger partial charge is 0.276 e.